The number of fused-ring (bicyclic) bond motifs is 2. The molecule has 0 amide bonds. The van der Waals surface area contributed by atoms with Gasteiger partial charge < -0.3 is 15.6 Å². The molecule has 1 atom stereocenters. The first-order valence-electron chi connectivity index (χ1n) is 11.5. The molecule has 1 fully saturated rings. The Morgan fingerprint density at radius 1 is 1.17 bits per heavy atom. The van der Waals surface area contributed by atoms with Crippen molar-refractivity contribution in [2.45, 2.75) is 38.9 Å². The molecule has 0 radical (unpaired) electrons. The first kappa shape index (κ1) is 22.6. The molecule has 1 aliphatic heterocycles. The monoisotopic (exact) mass is 474 g/mol. The topological polar surface area (TPSA) is 137 Å². The molecule has 11 nitrogen and oxygen atoms in total. The lowest BCUT2D eigenvalue weighted by Gasteiger charge is -2.31. The van der Waals surface area contributed by atoms with Gasteiger partial charge in [0.15, 0.2) is 11.2 Å². The summed E-state index contributed by atoms with van der Waals surface area (Å²) in [6, 6.07) is 6.92. The third-order valence-electron chi connectivity index (χ3n) is 6.34. The summed E-state index contributed by atoms with van der Waals surface area (Å²) in [6.45, 7) is 3.14. The summed E-state index contributed by atoms with van der Waals surface area (Å²) in [5.41, 5.74) is 5.83. The Morgan fingerprint density at radius 2 is 1.97 bits per heavy atom. The van der Waals surface area contributed by atoms with E-state index >= 15 is 0 Å². The third-order valence-corrected chi connectivity index (χ3v) is 6.34. The first-order valence-corrected chi connectivity index (χ1v) is 11.5. The van der Waals surface area contributed by atoms with Crippen LogP contribution < -0.4 is 27.4 Å². The van der Waals surface area contributed by atoms with E-state index in [1.54, 1.807) is 42.8 Å². The highest BCUT2D eigenvalue weighted by molar-refractivity contribution is 5.77. The van der Waals surface area contributed by atoms with Gasteiger partial charge in [0.2, 0.25) is 5.95 Å². The highest BCUT2D eigenvalue weighted by atomic mass is 16.2. The second-order valence-electron chi connectivity index (χ2n) is 8.71. The fourth-order valence-electron chi connectivity index (χ4n) is 4.60. The highest BCUT2D eigenvalue weighted by Crippen LogP contribution is 2.22. The molecule has 1 saturated heterocycles. The van der Waals surface area contributed by atoms with Crippen LogP contribution in [-0.4, -0.2) is 47.8 Å². The van der Waals surface area contributed by atoms with Crippen molar-refractivity contribution in [1.82, 2.24) is 28.7 Å². The minimum absolute atomic E-state index is 0.00514. The van der Waals surface area contributed by atoms with Crippen LogP contribution in [0.3, 0.4) is 0 Å². The number of imidazole rings is 1. The van der Waals surface area contributed by atoms with Crippen molar-refractivity contribution in [2.24, 2.45) is 12.8 Å². The number of piperidine rings is 1. The van der Waals surface area contributed by atoms with Crippen LogP contribution in [0.4, 0.5) is 5.95 Å². The Balaban J connectivity index is 1.70. The summed E-state index contributed by atoms with van der Waals surface area (Å²) >= 11 is 0. The van der Waals surface area contributed by atoms with Crippen LogP contribution in [0.15, 0.2) is 38.6 Å². The Labute approximate surface area is 199 Å². The Morgan fingerprint density at radius 3 is 2.74 bits per heavy atom. The van der Waals surface area contributed by atoms with Crippen LogP contribution in [0.25, 0.3) is 22.1 Å². The van der Waals surface area contributed by atoms with E-state index in [-0.39, 0.29) is 41.7 Å². The number of aromatic nitrogens is 6. The van der Waals surface area contributed by atoms with Gasteiger partial charge >= 0.3 is 5.69 Å². The minimum atomic E-state index is -0.550. The average molecular weight is 475 g/mol. The molecule has 5 rings (SSSR count). The third kappa shape index (κ3) is 3.91. The highest BCUT2D eigenvalue weighted by Gasteiger charge is 2.26. The van der Waals surface area contributed by atoms with E-state index in [2.05, 4.69) is 26.8 Å². The molecular weight excluding hydrogens is 448 g/mol. The van der Waals surface area contributed by atoms with E-state index < -0.39 is 11.2 Å². The molecule has 4 heterocycles. The molecule has 0 spiro atoms. The van der Waals surface area contributed by atoms with Crippen LogP contribution in [-0.2, 0) is 20.1 Å². The van der Waals surface area contributed by atoms with Crippen LogP contribution in [0.2, 0.25) is 0 Å². The molecular formula is C24H26N8O3. The van der Waals surface area contributed by atoms with Crippen LogP contribution in [0.1, 0.15) is 25.6 Å². The molecule has 3 aromatic heterocycles. The number of nitrogens with two attached hydrogens (primary N) is 1. The van der Waals surface area contributed by atoms with E-state index in [9.17, 15) is 14.4 Å². The molecule has 0 unspecified atom stereocenters. The first-order chi connectivity index (χ1) is 16.9. The summed E-state index contributed by atoms with van der Waals surface area (Å²) in [5.74, 6) is 6.66. The number of nitrogens with one attached hydrogen (secondary N) is 1. The lowest BCUT2D eigenvalue weighted by atomic mass is 10.1. The molecule has 0 bridgehead atoms. The summed E-state index contributed by atoms with van der Waals surface area (Å²) in [7, 11) is 1.58. The lowest BCUT2D eigenvalue weighted by Crippen LogP contribution is -2.44. The van der Waals surface area contributed by atoms with E-state index in [0.29, 0.717) is 23.4 Å². The largest absolute Gasteiger partial charge is 0.341 e. The van der Waals surface area contributed by atoms with Gasteiger partial charge in [-0.15, -0.1) is 5.92 Å². The normalized spacial score (nSPS) is 16.0. The second kappa shape index (κ2) is 8.88. The molecule has 1 aromatic carbocycles. The molecule has 0 aliphatic carbocycles. The van der Waals surface area contributed by atoms with Crippen LogP contribution in [0, 0.1) is 11.8 Å². The number of para-hydroxylation sites is 1. The van der Waals surface area contributed by atoms with Gasteiger partial charge in [-0.25, -0.2) is 9.78 Å². The van der Waals surface area contributed by atoms with Crippen molar-refractivity contribution in [2.75, 3.05) is 18.0 Å². The SMILES string of the molecule is CC#CCn1c(N2CCC[C@@H](N)C2)nc2c1c(=O)n(Cc1nc3ccccc3c(=O)[nH]1)c(=O)n2C. The maximum Gasteiger partial charge on any atom is 0.332 e. The number of aryl methyl sites for hydroxylation is 1. The van der Waals surface area contributed by atoms with E-state index in [0.717, 1.165) is 24.0 Å². The molecule has 1 aliphatic rings. The standard InChI is InChI=1S/C24H26N8O3/c1-3-4-12-31-19-20(28-23(31)30-11-7-8-15(25)13-30)29(2)24(35)32(22(19)34)14-18-26-17-10-6-5-9-16(17)21(33)27-18/h5-6,9-10,15H,7-8,11-14,25H2,1-2H3,(H,26,27,33)/t15-/m1/s1. The van der Waals surface area contributed by atoms with Crippen LogP contribution >= 0.6 is 0 Å². The number of aromatic amines is 1. The van der Waals surface area contributed by atoms with Crippen molar-refractivity contribution in [3.63, 3.8) is 0 Å². The van der Waals surface area contributed by atoms with Crippen molar-refractivity contribution >= 4 is 28.0 Å². The molecule has 11 heteroatoms. The number of hydrogen-bond donors (Lipinski definition) is 2. The van der Waals surface area contributed by atoms with Crippen molar-refractivity contribution < 1.29 is 0 Å². The summed E-state index contributed by atoms with van der Waals surface area (Å²) < 4.78 is 4.16. The van der Waals surface area contributed by atoms with Crippen LogP contribution in [0.5, 0.6) is 0 Å². The Bertz CT molecular complexity index is 1680. The fraction of sp³-hybridized carbons (Fsp3) is 0.375. The quantitative estimate of drug-likeness (QED) is 0.401. The molecule has 35 heavy (non-hydrogen) atoms. The minimum Gasteiger partial charge on any atom is -0.341 e. The van der Waals surface area contributed by atoms with Crippen molar-refractivity contribution in [3.05, 3.63) is 61.3 Å². The van der Waals surface area contributed by atoms with Crippen molar-refractivity contribution in [3.8, 4) is 11.8 Å². The molecule has 180 valence electrons. The maximum atomic E-state index is 13.7. The summed E-state index contributed by atoms with van der Waals surface area (Å²) in [6.07, 6.45) is 1.84. The van der Waals surface area contributed by atoms with Gasteiger partial charge in [-0.3, -0.25) is 23.3 Å². The summed E-state index contributed by atoms with van der Waals surface area (Å²) in [5, 5.41) is 0.438. The zero-order valence-corrected chi connectivity index (χ0v) is 19.6. The predicted molar refractivity (Wildman–Crippen MR) is 134 cm³/mol. The number of nitrogens with zero attached hydrogens (tertiary/aromatic N) is 6. The van der Waals surface area contributed by atoms with Gasteiger partial charge in [-0.2, -0.15) is 4.98 Å². The number of H-pyrrole nitrogens is 1. The molecule has 3 N–H and O–H groups in total. The zero-order valence-electron chi connectivity index (χ0n) is 19.6. The smallest absolute Gasteiger partial charge is 0.332 e. The summed E-state index contributed by atoms with van der Waals surface area (Å²) in [4.78, 5) is 53.3. The van der Waals surface area contributed by atoms with Gasteiger partial charge in [0, 0.05) is 26.2 Å². The van der Waals surface area contributed by atoms with Gasteiger partial charge in [0.25, 0.3) is 11.1 Å². The van der Waals surface area contributed by atoms with E-state index in [1.165, 1.54) is 4.57 Å². The van der Waals surface area contributed by atoms with Gasteiger partial charge in [-0.1, -0.05) is 18.1 Å². The number of rotatable bonds is 4. The Hall–Kier alpha value is -4.17. The van der Waals surface area contributed by atoms with E-state index in [4.69, 9.17) is 5.73 Å². The van der Waals surface area contributed by atoms with Gasteiger partial charge in [0.1, 0.15) is 5.82 Å². The van der Waals surface area contributed by atoms with Crippen molar-refractivity contribution in [1.29, 1.82) is 0 Å². The Kier molecular flexibility index (Phi) is 5.74. The number of anilines is 1. The molecule has 0 saturated carbocycles. The zero-order chi connectivity index (χ0) is 24.7. The molecule has 4 aromatic rings. The predicted octanol–water partition coefficient (Wildman–Crippen LogP) is 0.132. The lowest BCUT2D eigenvalue weighted by molar-refractivity contribution is 0.496. The van der Waals surface area contributed by atoms with E-state index in [1.807, 2.05) is 4.90 Å². The fourth-order valence-corrected chi connectivity index (χ4v) is 4.60. The second-order valence-corrected chi connectivity index (χ2v) is 8.71. The number of benzene rings is 1. The maximum absolute atomic E-state index is 13.7. The average Bonchev–Trinajstić information content (AvgIpc) is 3.24. The van der Waals surface area contributed by atoms with Gasteiger partial charge in [0.05, 0.1) is 24.0 Å². The van der Waals surface area contributed by atoms with Gasteiger partial charge in [-0.05, 0) is 31.9 Å². The number of hydrogen-bond acceptors (Lipinski definition) is 7.